The first-order valence-corrected chi connectivity index (χ1v) is 8.68. The molecule has 1 heterocycles. The summed E-state index contributed by atoms with van der Waals surface area (Å²) < 4.78 is 0. The zero-order chi connectivity index (χ0) is 20.1. The van der Waals surface area contributed by atoms with Gasteiger partial charge < -0.3 is 10.2 Å². The van der Waals surface area contributed by atoms with E-state index in [2.05, 4.69) is 10.2 Å². The standard InChI is InChI=1S/C18H19N5O5/c24-18(19-14-1-3-16(4-2-14)22(25)26)13-20-9-11-21(12-10-20)15-5-7-17(8-6-15)23(27)28/h1-8H,9-13H2,(H,19,24). The van der Waals surface area contributed by atoms with Gasteiger partial charge >= 0.3 is 0 Å². The molecule has 2 aromatic carbocycles. The molecular weight excluding hydrogens is 366 g/mol. The molecule has 146 valence electrons. The summed E-state index contributed by atoms with van der Waals surface area (Å²) in [6.07, 6.45) is 0. The average molecular weight is 385 g/mol. The van der Waals surface area contributed by atoms with Gasteiger partial charge in [0.1, 0.15) is 0 Å². The number of nitro benzene ring substituents is 2. The van der Waals surface area contributed by atoms with Crippen LogP contribution in [0, 0.1) is 20.2 Å². The van der Waals surface area contributed by atoms with Crippen LogP contribution >= 0.6 is 0 Å². The van der Waals surface area contributed by atoms with Gasteiger partial charge in [-0.1, -0.05) is 0 Å². The van der Waals surface area contributed by atoms with E-state index in [0.717, 1.165) is 5.69 Å². The van der Waals surface area contributed by atoms with Crippen LogP contribution in [0.5, 0.6) is 0 Å². The third kappa shape index (κ3) is 4.80. The van der Waals surface area contributed by atoms with Gasteiger partial charge in [-0.3, -0.25) is 29.9 Å². The van der Waals surface area contributed by atoms with Gasteiger partial charge in [0.05, 0.1) is 16.4 Å². The van der Waals surface area contributed by atoms with Crippen molar-refractivity contribution in [3.63, 3.8) is 0 Å². The Kier molecular flexibility index (Phi) is 5.80. The highest BCUT2D eigenvalue weighted by atomic mass is 16.6. The summed E-state index contributed by atoms with van der Waals surface area (Å²) >= 11 is 0. The van der Waals surface area contributed by atoms with Crippen molar-refractivity contribution in [2.24, 2.45) is 0 Å². The Labute approximate surface area is 160 Å². The van der Waals surface area contributed by atoms with Crippen LogP contribution in [0.3, 0.4) is 0 Å². The first-order chi connectivity index (χ1) is 13.4. The second-order valence-corrected chi connectivity index (χ2v) is 6.39. The van der Waals surface area contributed by atoms with E-state index in [1.807, 2.05) is 4.90 Å². The predicted octanol–water partition coefficient (Wildman–Crippen LogP) is 2.26. The highest BCUT2D eigenvalue weighted by molar-refractivity contribution is 5.92. The fraction of sp³-hybridized carbons (Fsp3) is 0.278. The molecule has 0 aliphatic carbocycles. The first kappa shape index (κ1) is 19.2. The van der Waals surface area contributed by atoms with Crippen LogP contribution in [0.25, 0.3) is 0 Å². The maximum absolute atomic E-state index is 12.2. The molecule has 1 saturated heterocycles. The quantitative estimate of drug-likeness (QED) is 0.598. The Balaban J connectivity index is 1.47. The van der Waals surface area contributed by atoms with Gasteiger partial charge in [0, 0.05) is 61.8 Å². The molecule has 1 amide bonds. The topological polar surface area (TPSA) is 122 Å². The smallest absolute Gasteiger partial charge is 0.269 e. The molecule has 0 spiro atoms. The SMILES string of the molecule is O=C(CN1CCN(c2ccc([N+](=O)[O-])cc2)CC1)Nc1ccc([N+](=O)[O-])cc1. The number of amides is 1. The van der Waals surface area contributed by atoms with E-state index in [1.54, 1.807) is 12.1 Å². The zero-order valence-electron chi connectivity index (χ0n) is 15.0. The van der Waals surface area contributed by atoms with Crippen molar-refractivity contribution in [1.82, 2.24) is 4.90 Å². The predicted molar refractivity (Wildman–Crippen MR) is 103 cm³/mol. The number of hydrogen-bond donors (Lipinski definition) is 1. The van der Waals surface area contributed by atoms with Gasteiger partial charge in [-0.25, -0.2) is 0 Å². The summed E-state index contributed by atoms with van der Waals surface area (Å²) in [4.78, 5) is 36.8. The lowest BCUT2D eigenvalue weighted by atomic mass is 10.2. The molecule has 1 aliphatic heterocycles. The molecule has 0 atom stereocenters. The molecule has 1 fully saturated rings. The van der Waals surface area contributed by atoms with E-state index < -0.39 is 9.85 Å². The summed E-state index contributed by atoms with van der Waals surface area (Å²) in [5.74, 6) is -0.183. The molecule has 2 aromatic rings. The molecule has 10 nitrogen and oxygen atoms in total. The van der Waals surface area contributed by atoms with Crippen LogP contribution in [-0.2, 0) is 4.79 Å². The number of nitrogens with one attached hydrogen (secondary N) is 1. The van der Waals surface area contributed by atoms with Crippen molar-refractivity contribution >= 4 is 28.7 Å². The summed E-state index contributed by atoms with van der Waals surface area (Å²) in [6, 6.07) is 12.1. The van der Waals surface area contributed by atoms with Gasteiger partial charge in [-0.2, -0.15) is 0 Å². The fourth-order valence-corrected chi connectivity index (χ4v) is 3.02. The Morgan fingerprint density at radius 3 is 1.86 bits per heavy atom. The van der Waals surface area contributed by atoms with Gasteiger partial charge in [0.25, 0.3) is 11.4 Å². The third-order valence-corrected chi connectivity index (χ3v) is 4.53. The van der Waals surface area contributed by atoms with Crippen molar-refractivity contribution in [1.29, 1.82) is 0 Å². The number of nitrogens with zero attached hydrogens (tertiary/aromatic N) is 4. The molecule has 0 unspecified atom stereocenters. The van der Waals surface area contributed by atoms with Crippen LogP contribution in [0.1, 0.15) is 0 Å². The van der Waals surface area contributed by atoms with E-state index in [-0.39, 0.29) is 23.8 Å². The minimum absolute atomic E-state index is 0.0274. The molecule has 1 aliphatic rings. The van der Waals surface area contributed by atoms with E-state index in [0.29, 0.717) is 31.9 Å². The molecule has 3 rings (SSSR count). The maximum atomic E-state index is 12.2. The van der Waals surface area contributed by atoms with Crippen molar-refractivity contribution < 1.29 is 14.6 Å². The Hall–Kier alpha value is -3.53. The highest BCUT2D eigenvalue weighted by Crippen LogP contribution is 2.21. The van der Waals surface area contributed by atoms with Crippen LogP contribution in [0.4, 0.5) is 22.7 Å². The molecule has 28 heavy (non-hydrogen) atoms. The lowest BCUT2D eigenvalue weighted by Crippen LogP contribution is -2.48. The second-order valence-electron chi connectivity index (χ2n) is 6.39. The van der Waals surface area contributed by atoms with Crippen molar-refractivity contribution in [3.05, 3.63) is 68.8 Å². The van der Waals surface area contributed by atoms with E-state index in [4.69, 9.17) is 0 Å². The molecular formula is C18H19N5O5. The molecule has 0 bridgehead atoms. The van der Waals surface area contributed by atoms with Gasteiger partial charge in [0.2, 0.25) is 5.91 Å². The Bertz CT molecular complexity index is 861. The molecule has 0 saturated carbocycles. The zero-order valence-corrected chi connectivity index (χ0v) is 15.0. The number of piperazine rings is 1. The summed E-state index contributed by atoms with van der Waals surface area (Å²) in [6.45, 7) is 3.02. The Morgan fingerprint density at radius 1 is 0.857 bits per heavy atom. The highest BCUT2D eigenvalue weighted by Gasteiger charge is 2.20. The normalized spacial score (nSPS) is 14.5. The monoisotopic (exact) mass is 385 g/mol. The van der Waals surface area contributed by atoms with Gasteiger partial charge in [0.15, 0.2) is 0 Å². The average Bonchev–Trinajstić information content (AvgIpc) is 2.69. The fourth-order valence-electron chi connectivity index (χ4n) is 3.02. The number of anilines is 2. The largest absolute Gasteiger partial charge is 0.369 e. The summed E-state index contributed by atoms with van der Waals surface area (Å²) in [5.41, 5.74) is 1.46. The van der Waals surface area contributed by atoms with Crippen molar-refractivity contribution in [2.75, 3.05) is 42.9 Å². The number of carbonyl (C=O) groups is 1. The lowest BCUT2D eigenvalue weighted by molar-refractivity contribution is -0.385. The summed E-state index contributed by atoms with van der Waals surface area (Å²) in [7, 11) is 0. The number of non-ortho nitro benzene ring substituents is 2. The van der Waals surface area contributed by atoms with E-state index >= 15 is 0 Å². The number of hydrogen-bond acceptors (Lipinski definition) is 7. The van der Waals surface area contributed by atoms with Crippen LogP contribution in [-0.4, -0.2) is 53.4 Å². The number of benzene rings is 2. The third-order valence-electron chi connectivity index (χ3n) is 4.53. The molecule has 1 N–H and O–H groups in total. The van der Waals surface area contributed by atoms with E-state index in [9.17, 15) is 25.0 Å². The molecule has 0 aromatic heterocycles. The second kappa shape index (κ2) is 8.44. The van der Waals surface area contributed by atoms with E-state index in [1.165, 1.54) is 36.4 Å². The minimum Gasteiger partial charge on any atom is -0.369 e. The number of nitro groups is 2. The minimum atomic E-state index is -0.490. The van der Waals surface area contributed by atoms with Crippen LogP contribution in [0.15, 0.2) is 48.5 Å². The van der Waals surface area contributed by atoms with Crippen molar-refractivity contribution in [3.8, 4) is 0 Å². The first-order valence-electron chi connectivity index (χ1n) is 8.68. The maximum Gasteiger partial charge on any atom is 0.269 e. The summed E-state index contributed by atoms with van der Waals surface area (Å²) in [5, 5.41) is 24.1. The molecule has 10 heteroatoms. The number of carbonyl (C=O) groups excluding carboxylic acids is 1. The molecule has 0 radical (unpaired) electrons. The van der Waals surface area contributed by atoms with Crippen LogP contribution < -0.4 is 10.2 Å². The van der Waals surface area contributed by atoms with Crippen LogP contribution in [0.2, 0.25) is 0 Å². The van der Waals surface area contributed by atoms with Gasteiger partial charge in [-0.15, -0.1) is 0 Å². The Morgan fingerprint density at radius 2 is 1.36 bits per heavy atom. The van der Waals surface area contributed by atoms with Crippen molar-refractivity contribution in [2.45, 2.75) is 0 Å². The number of rotatable bonds is 6. The van der Waals surface area contributed by atoms with Gasteiger partial charge in [-0.05, 0) is 24.3 Å². The lowest BCUT2D eigenvalue weighted by Gasteiger charge is -2.35.